The largest absolute Gasteiger partial charge is 0.351 e. The molecule has 2 heteroatoms. The first-order valence-corrected chi connectivity index (χ1v) is 13.0. The van der Waals surface area contributed by atoms with Gasteiger partial charge in [0.1, 0.15) is 0 Å². The molecular formula is C32H34N2. The Bertz CT molecular complexity index is 1660. The molecule has 2 nitrogen and oxygen atoms in total. The molecule has 0 saturated carbocycles. The molecule has 0 N–H and O–H groups in total. The molecule has 0 atom stereocenters. The third-order valence-corrected chi connectivity index (χ3v) is 7.89. The predicted octanol–water partition coefficient (Wildman–Crippen LogP) is 9.03. The lowest BCUT2D eigenvalue weighted by molar-refractivity contribution is 0.600. The number of aryl methyl sites for hydroxylation is 3. The normalized spacial score (nSPS) is 12.2. The minimum Gasteiger partial charge on any atom is -0.351 e. The van der Waals surface area contributed by atoms with Crippen molar-refractivity contribution >= 4 is 54.1 Å². The fourth-order valence-electron chi connectivity index (χ4n) is 5.86. The average Bonchev–Trinajstić information content (AvgIpc) is 3.37. The van der Waals surface area contributed by atoms with E-state index >= 15 is 0 Å². The van der Waals surface area contributed by atoms with Gasteiger partial charge in [-0.05, 0) is 81.6 Å². The summed E-state index contributed by atoms with van der Waals surface area (Å²) < 4.78 is 4.64. The van der Waals surface area contributed by atoms with Crippen molar-refractivity contribution < 1.29 is 0 Å². The van der Waals surface area contributed by atoms with Crippen LogP contribution in [0, 0.1) is 0 Å². The number of aromatic nitrogens is 2. The second-order valence-electron chi connectivity index (χ2n) is 10.1. The Morgan fingerprint density at radius 2 is 1.21 bits per heavy atom. The van der Waals surface area contributed by atoms with E-state index in [1.165, 1.54) is 105 Å². The van der Waals surface area contributed by atoms with E-state index in [-0.39, 0.29) is 0 Å². The average molecular weight is 447 g/mol. The van der Waals surface area contributed by atoms with Gasteiger partial charge in [0.05, 0.1) is 0 Å². The number of hydrogen-bond donors (Lipinski definition) is 0. The van der Waals surface area contributed by atoms with Crippen LogP contribution in [0.5, 0.6) is 0 Å². The van der Waals surface area contributed by atoms with Gasteiger partial charge in [-0.15, -0.1) is 0 Å². The maximum absolute atomic E-state index is 2.42. The highest BCUT2D eigenvalue weighted by Crippen LogP contribution is 2.36. The molecule has 6 aromatic rings. The van der Waals surface area contributed by atoms with Gasteiger partial charge in [-0.2, -0.15) is 0 Å². The van der Waals surface area contributed by atoms with Crippen LogP contribution in [0.25, 0.3) is 54.1 Å². The molecule has 0 fully saturated rings. The number of unbranched alkanes of at least 4 members (excludes halogenated alkanes) is 5. The van der Waals surface area contributed by atoms with Gasteiger partial charge in [-0.3, -0.25) is 0 Å². The van der Waals surface area contributed by atoms with Gasteiger partial charge in [0.15, 0.2) is 0 Å². The molecule has 0 saturated heterocycles. The SMILES string of the molecule is CCCCCCCCc1cc2cc3ccc4c5cc6c(ccn6C)cc5ccc4c3cc2n1C. The van der Waals surface area contributed by atoms with Crippen molar-refractivity contribution in [3.8, 4) is 0 Å². The lowest BCUT2D eigenvalue weighted by atomic mass is 9.95. The van der Waals surface area contributed by atoms with E-state index in [2.05, 4.69) is 97.0 Å². The zero-order valence-corrected chi connectivity index (χ0v) is 20.7. The second-order valence-corrected chi connectivity index (χ2v) is 10.1. The van der Waals surface area contributed by atoms with Gasteiger partial charge in [0.25, 0.3) is 0 Å². The molecule has 0 spiro atoms. The fourth-order valence-corrected chi connectivity index (χ4v) is 5.86. The van der Waals surface area contributed by atoms with Crippen molar-refractivity contribution in [2.75, 3.05) is 0 Å². The van der Waals surface area contributed by atoms with Crippen molar-refractivity contribution in [1.82, 2.24) is 9.13 Å². The summed E-state index contributed by atoms with van der Waals surface area (Å²) in [6.45, 7) is 2.28. The molecule has 0 aliphatic rings. The first-order chi connectivity index (χ1) is 16.6. The number of nitrogens with zero attached hydrogens (tertiary/aromatic N) is 2. The highest BCUT2D eigenvalue weighted by Gasteiger charge is 2.11. The second kappa shape index (κ2) is 8.51. The van der Waals surface area contributed by atoms with Crippen molar-refractivity contribution in [2.24, 2.45) is 14.1 Å². The number of fused-ring (bicyclic) bond motifs is 7. The Morgan fingerprint density at radius 3 is 1.94 bits per heavy atom. The van der Waals surface area contributed by atoms with Crippen LogP contribution >= 0.6 is 0 Å². The Kier molecular flexibility index (Phi) is 5.32. The molecule has 6 rings (SSSR count). The summed E-state index contributed by atoms with van der Waals surface area (Å²) in [7, 11) is 4.37. The molecule has 34 heavy (non-hydrogen) atoms. The first kappa shape index (κ1) is 21.3. The fraction of sp³-hybridized carbons (Fsp3) is 0.312. The standard InChI is InChI=1S/C32H34N2/c1-4-5-6-7-8-9-10-26-19-25-18-23-12-14-27-28(30(23)21-32(25)34(26)3)13-11-22-17-24-15-16-33(2)31(24)20-29(22)27/h11-21H,4-10H2,1-3H3. The first-order valence-electron chi connectivity index (χ1n) is 13.0. The van der Waals surface area contributed by atoms with Crippen LogP contribution in [0.15, 0.2) is 66.9 Å². The summed E-state index contributed by atoms with van der Waals surface area (Å²) >= 11 is 0. The van der Waals surface area contributed by atoms with E-state index < -0.39 is 0 Å². The van der Waals surface area contributed by atoms with E-state index in [1.807, 2.05) is 0 Å². The molecule has 0 amide bonds. The molecule has 0 aliphatic heterocycles. The van der Waals surface area contributed by atoms with Crippen LogP contribution < -0.4 is 0 Å². The van der Waals surface area contributed by atoms with E-state index in [0.29, 0.717) is 0 Å². The minimum absolute atomic E-state index is 1.17. The third-order valence-electron chi connectivity index (χ3n) is 7.89. The topological polar surface area (TPSA) is 9.86 Å². The lowest BCUT2D eigenvalue weighted by Gasteiger charge is -2.10. The number of hydrogen-bond acceptors (Lipinski definition) is 0. The highest BCUT2D eigenvalue weighted by molar-refractivity contribution is 6.20. The van der Waals surface area contributed by atoms with Crippen molar-refractivity contribution in [1.29, 1.82) is 0 Å². The van der Waals surface area contributed by atoms with E-state index in [1.54, 1.807) is 0 Å². The van der Waals surface area contributed by atoms with Gasteiger partial charge < -0.3 is 9.13 Å². The molecule has 0 unspecified atom stereocenters. The van der Waals surface area contributed by atoms with E-state index in [0.717, 1.165) is 0 Å². The molecule has 172 valence electrons. The molecular weight excluding hydrogens is 412 g/mol. The Morgan fingerprint density at radius 1 is 0.559 bits per heavy atom. The molecule has 2 aromatic heterocycles. The summed E-state index contributed by atoms with van der Waals surface area (Å²) in [5, 5.41) is 10.7. The lowest BCUT2D eigenvalue weighted by Crippen LogP contribution is -1.96. The van der Waals surface area contributed by atoms with Crippen LogP contribution in [0.2, 0.25) is 0 Å². The molecule has 0 bridgehead atoms. The number of benzene rings is 4. The summed E-state index contributed by atoms with van der Waals surface area (Å²) in [6.07, 6.45) is 11.4. The quantitative estimate of drug-likeness (QED) is 0.171. The zero-order valence-electron chi connectivity index (χ0n) is 20.7. The maximum Gasteiger partial charge on any atom is 0.0486 e. The van der Waals surface area contributed by atoms with Crippen molar-refractivity contribution in [3.63, 3.8) is 0 Å². The van der Waals surface area contributed by atoms with Crippen molar-refractivity contribution in [2.45, 2.75) is 51.9 Å². The van der Waals surface area contributed by atoms with Crippen LogP contribution in [-0.4, -0.2) is 9.13 Å². The molecule has 2 heterocycles. The Hall–Kier alpha value is -3.26. The monoisotopic (exact) mass is 446 g/mol. The molecule has 0 aliphatic carbocycles. The van der Waals surface area contributed by atoms with Crippen LogP contribution in [0.4, 0.5) is 0 Å². The van der Waals surface area contributed by atoms with Gasteiger partial charge in [-0.25, -0.2) is 0 Å². The van der Waals surface area contributed by atoms with Crippen LogP contribution in [0.1, 0.15) is 51.1 Å². The van der Waals surface area contributed by atoms with Gasteiger partial charge >= 0.3 is 0 Å². The molecule has 0 radical (unpaired) electrons. The summed E-state index contributed by atoms with van der Waals surface area (Å²) in [5.74, 6) is 0. The molecule has 4 aromatic carbocycles. The minimum atomic E-state index is 1.17. The number of rotatable bonds is 7. The van der Waals surface area contributed by atoms with E-state index in [9.17, 15) is 0 Å². The Balaban J connectivity index is 1.43. The van der Waals surface area contributed by atoms with Gasteiger partial charge in [0.2, 0.25) is 0 Å². The summed E-state index contributed by atoms with van der Waals surface area (Å²) in [4.78, 5) is 0. The third kappa shape index (κ3) is 3.48. The maximum atomic E-state index is 2.42. The predicted molar refractivity (Wildman–Crippen MR) is 149 cm³/mol. The Labute approximate surface area is 201 Å². The smallest absolute Gasteiger partial charge is 0.0486 e. The highest BCUT2D eigenvalue weighted by atomic mass is 14.9. The van der Waals surface area contributed by atoms with Crippen molar-refractivity contribution in [3.05, 3.63) is 72.6 Å². The van der Waals surface area contributed by atoms with Crippen LogP contribution in [-0.2, 0) is 20.5 Å². The van der Waals surface area contributed by atoms with E-state index in [4.69, 9.17) is 0 Å². The van der Waals surface area contributed by atoms with Gasteiger partial charge in [0, 0.05) is 47.8 Å². The van der Waals surface area contributed by atoms with Gasteiger partial charge in [-0.1, -0.05) is 63.3 Å². The summed E-state index contributed by atoms with van der Waals surface area (Å²) in [6, 6.07) is 23.4. The summed E-state index contributed by atoms with van der Waals surface area (Å²) in [5.41, 5.74) is 4.10. The zero-order chi connectivity index (χ0) is 23.2. The van der Waals surface area contributed by atoms with Crippen LogP contribution in [0.3, 0.4) is 0 Å².